The number of carbonyl (C=O) groups excluding carboxylic acids is 1. The van der Waals surface area contributed by atoms with Gasteiger partial charge in [-0.15, -0.1) is 0 Å². The van der Waals surface area contributed by atoms with Crippen LogP contribution in [0.25, 0.3) is 0 Å². The second-order valence-electron chi connectivity index (χ2n) is 5.33. The number of ether oxygens (including phenoxy) is 1. The molecule has 20 heavy (non-hydrogen) atoms. The van der Waals surface area contributed by atoms with Crippen LogP contribution in [-0.4, -0.2) is 18.0 Å². The molecule has 0 spiro atoms. The van der Waals surface area contributed by atoms with Crippen LogP contribution in [0.5, 0.6) is 0 Å². The van der Waals surface area contributed by atoms with Gasteiger partial charge in [0.15, 0.2) is 29.1 Å². The third-order valence-electron chi connectivity index (χ3n) is 4.02. The fourth-order valence-corrected chi connectivity index (χ4v) is 3.07. The molecule has 0 radical (unpaired) electrons. The third-order valence-corrected chi connectivity index (χ3v) is 4.02. The van der Waals surface area contributed by atoms with Crippen LogP contribution in [0.1, 0.15) is 36.0 Å². The first-order chi connectivity index (χ1) is 9.47. The zero-order valence-electron chi connectivity index (χ0n) is 10.5. The maximum absolute atomic E-state index is 13.6. The van der Waals surface area contributed by atoms with Crippen molar-refractivity contribution in [2.75, 3.05) is 0 Å². The van der Waals surface area contributed by atoms with Crippen molar-refractivity contribution >= 4 is 5.78 Å². The van der Waals surface area contributed by atoms with Crippen molar-refractivity contribution in [3.8, 4) is 0 Å². The lowest BCUT2D eigenvalue weighted by Gasteiger charge is -2.27. The zero-order valence-corrected chi connectivity index (χ0v) is 10.5. The van der Waals surface area contributed by atoms with E-state index < -0.39 is 40.5 Å². The minimum absolute atomic E-state index is 0.104. The standard InChI is InChI=1S/C14H12F4O2/c15-9-5-10(16)13(18)11(12(9)17)14(19)6-3-7-1-2-8(4-6)20-7/h5-8H,1-4H2. The summed E-state index contributed by atoms with van der Waals surface area (Å²) in [5.41, 5.74) is -1.10. The van der Waals surface area contributed by atoms with E-state index in [4.69, 9.17) is 4.74 Å². The highest BCUT2D eigenvalue weighted by atomic mass is 19.2. The Hall–Kier alpha value is -1.43. The minimum Gasteiger partial charge on any atom is -0.375 e. The van der Waals surface area contributed by atoms with E-state index in [2.05, 4.69) is 0 Å². The van der Waals surface area contributed by atoms with E-state index in [0.29, 0.717) is 12.8 Å². The Morgan fingerprint density at radius 2 is 1.50 bits per heavy atom. The molecule has 0 N–H and O–H groups in total. The van der Waals surface area contributed by atoms with Gasteiger partial charge < -0.3 is 4.74 Å². The molecule has 0 saturated carbocycles. The van der Waals surface area contributed by atoms with E-state index in [-0.39, 0.29) is 18.3 Å². The molecule has 1 aromatic rings. The first kappa shape index (κ1) is 13.5. The SMILES string of the molecule is O=C(c1c(F)c(F)cc(F)c1F)C1CC2CCC(C1)O2. The number of hydrogen-bond donors (Lipinski definition) is 0. The zero-order chi connectivity index (χ0) is 14.4. The Balaban J connectivity index is 1.95. The predicted molar refractivity (Wildman–Crippen MR) is 61.2 cm³/mol. The average Bonchev–Trinajstić information content (AvgIpc) is 2.75. The molecule has 2 heterocycles. The van der Waals surface area contributed by atoms with Crippen LogP contribution in [0, 0.1) is 29.2 Å². The first-order valence-corrected chi connectivity index (χ1v) is 6.50. The summed E-state index contributed by atoms with van der Waals surface area (Å²) in [4.78, 5) is 12.2. The molecule has 6 heteroatoms. The van der Waals surface area contributed by atoms with Gasteiger partial charge in [-0.2, -0.15) is 0 Å². The molecule has 0 aliphatic carbocycles. The molecule has 1 aromatic carbocycles. The van der Waals surface area contributed by atoms with Crippen molar-refractivity contribution in [2.45, 2.75) is 37.9 Å². The molecule has 2 saturated heterocycles. The molecule has 2 aliphatic rings. The largest absolute Gasteiger partial charge is 0.375 e. The highest BCUT2D eigenvalue weighted by Gasteiger charge is 2.40. The van der Waals surface area contributed by atoms with E-state index in [0.717, 1.165) is 12.8 Å². The summed E-state index contributed by atoms with van der Waals surface area (Å²) in [5.74, 6) is -7.87. The van der Waals surface area contributed by atoms with Crippen molar-refractivity contribution in [1.29, 1.82) is 0 Å². The number of halogens is 4. The summed E-state index contributed by atoms with van der Waals surface area (Å²) in [6, 6.07) is 0.106. The number of fused-ring (bicyclic) bond motifs is 2. The van der Waals surface area contributed by atoms with Crippen molar-refractivity contribution in [2.24, 2.45) is 5.92 Å². The molecule has 0 aromatic heterocycles. The second-order valence-corrected chi connectivity index (χ2v) is 5.33. The average molecular weight is 288 g/mol. The van der Waals surface area contributed by atoms with Gasteiger partial charge in [-0.1, -0.05) is 0 Å². The number of carbonyl (C=O) groups is 1. The Kier molecular flexibility index (Phi) is 3.28. The normalized spacial score (nSPS) is 28.7. The fourth-order valence-electron chi connectivity index (χ4n) is 3.07. The molecule has 3 rings (SSSR count). The maximum atomic E-state index is 13.6. The van der Waals surface area contributed by atoms with Crippen LogP contribution in [-0.2, 0) is 4.74 Å². The van der Waals surface area contributed by atoms with Crippen molar-refractivity contribution in [3.05, 3.63) is 34.9 Å². The maximum Gasteiger partial charge on any atom is 0.172 e. The first-order valence-electron chi connectivity index (χ1n) is 6.50. The lowest BCUT2D eigenvalue weighted by molar-refractivity contribution is -0.0151. The Labute approximate surface area is 112 Å². The van der Waals surface area contributed by atoms with Crippen LogP contribution in [0.2, 0.25) is 0 Å². The van der Waals surface area contributed by atoms with Crippen molar-refractivity contribution < 1.29 is 27.1 Å². The number of benzene rings is 1. The van der Waals surface area contributed by atoms with Gasteiger partial charge in [0.05, 0.1) is 17.8 Å². The van der Waals surface area contributed by atoms with E-state index in [1.807, 2.05) is 0 Å². The monoisotopic (exact) mass is 288 g/mol. The Morgan fingerprint density at radius 1 is 1.00 bits per heavy atom. The van der Waals surface area contributed by atoms with E-state index in [1.54, 1.807) is 0 Å². The predicted octanol–water partition coefficient (Wildman–Crippen LogP) is 3.38. The quantitative estimate of drug-likeness (QED) is 0.474. The molecular formula is C14H12F4O2. The minimum atomic E-state index is -1.62. The van der Waals surface area contributed by atoms with Crippen molar-refractivity contribution in [1.82, 2.24) is 0 Å². The van der Waals surface area contributed by atoms with E-state index >= 15 is 0 Å². The van der Waals surface area contributed by atoms with Gasteiger partial charge in [0.25, 0.3) is 0 Å². The van der Waals surface area contributed by atoms with E-state index in [1.165, 1.54) is 0 Å². The molecule has 2 unspecified atom stereocenters. The van der Waals surface area contributed by atoms with Gasteiger partial charge in [-0.3, -0.25) is 4.79 Å². The molecule has 108 valence electrons. The van der Waals surface area contributed by atoms with Crippen LogP contribution in [0.15, 0.2) is 6.07 Å². The summed E-state index contributed by atoms with van der Waals surface area (Å²) in [6.45, 7) is 0. The molecule has 2 nitrogen and oxygen atoms in total. The molecule has 2 fully saturated rings. The topological polar surface area (TPSA) is 26.3 Å². The number of rotatable bonds is 2. The fraction of sp³-hybridized carbons (Fsp3) is 0.500. The van der Waals surface area contributed by atoms with Crippen LogP contribution in [0.4, 0.5) is 17.6 Å². The number of ketones is 1. The van der Waals surface area contributed by atoms with Gasteiger partial charge in [0, 0.05) is 12.0 Å². The molecule has 2 atom stereocenters. The Morgan fingerprint density at radius 3 is 2.00 bits per heavy atom. The molecular weight excluding hydrogens is 276 g/mol. The van der Waals surface area contributed by atoms with Crippen LogP contribution in [0.3, 0.4) is 0 Å². The second kappa shape index (κ2) is 4.84. The number of Topliss-reactive ketones (excluding diaryl/α,β-unsaturated/α-hetero) is 1. The van der Waals surface area contributed by atoms with Crippen LogP contribution < -0.4 is 0 Å². The van der Waals surface area contributed by atoms with E-state index in [9.17, 15) is 22.4 Å². The molecule has 2 aliphatic heterocycles. The summed E-state index contributed by atoms with van der Waals surface area (Å²) < 4.78 is 59.1. The Bertz CT molecular complexity index is 535. The van der Waals surface area contributed by atoms with Gasteiger partial charge >= 0.3 is 0 Å². The van der Waals surface area contributed by atoms with Crippen LogP contribution >= 0.6 is 0 Å². The lowest BCUT2D eigenvalue weighted by Crippen LogP contribution is -2.31. The molecule has 0 amide bonds. The third kappa shape index (κ3) is 2.12. The smallest absolute Gasteiger partial charge is 0.172 e. The molecule has 2 bridgehead atoms. The van der Waals surface area contributed by atoms with Gasteiger partial charge in [-0.05, 0) is 25.7 Å². The summed E-state index contributed by atoms with van der Waals surface area (Å²) >= 11 is 0. The summed E-state index contributed by atoms with van der Waals surface area (Å²) in [5, 5.41) is 0. The number of hydrogen-bond acceptors (Lipinski definition) is 2. The lowest BCUT2D eigenvalue weighted by atomic mass is 9.87. The highest BCUT2D eigenvalue weighted by molar-refractivity contribution is 5.98. The van der Waals surface area contributed by atoms with Crippen molar-refractivity contribution in [3.63, 3.8) is 0 Å². The van der Waals surface area contributed by atoms with Gasteiger partial charge in [-0.25, -0.2) is 17.6 Å². The summed E-state index contributed by atoms with van der Waals surface area (Å²) in [6.07, 6.45) is 2.08. The van der Waals surface area contributed by atoms with Gasteiger partial charge in [0.2, 0.25) is 0 Å². The highest BCUT2D eigenvalue weighted by Crippen LogP contribution is 2.38. The summed E-state index contributed by atoms with van der Waals surface area (Å²) in [7, 11) is 0. The van der Waals surface area contributed by atoms with Gasteiger partial charge in [0.1, 0.15) is 0 Å².